The number of amides is 2. The average molecular weight is 421 g/mol. The first-order valence-corrected chi connectivity index (χ1v) is 10.0. The lowest BCUT2D eigenvalue weighted by Crippen LogP contribution is -2.50. The van der Waals surface area contributed by atoms with Gasteiger partial charge in [0.1, 0.15) is 11.8 Å². The molecule has 0 bridgehead atoms. The highest BCUT2D eigenvalue weighted by atomic mass is 16.3. The zero-order valence-electron chi connectivity index (χ0n) is 18.0. The van der Waals surface area contributed by atoms with Crippen molar-refractivity contribution in [1.29, 1.82) is 5.26 Å². The minimum atomic E-state index is -0.816. The molecule has 0 aliphatic rings. The molecule has 0 radical (unpaired) electrons. The van der Waals surface area contributed by atoms with E-state index in [0.29, 0.717) is 18.4 Å². The fourth-order valence-electron chi connectivity index (χ4n) is 3.17. The molecule has 0 spiro atoms. The molecule has 162 valence electrons. The Bertz CT molecular complexity index is 983. The second-order valence-electron chi connectivity index (χ2n) is 7.52. The molecule has 7 nitrogen and oxygen atoms in total. The second-order valence-corrected chi connectivity index (χ2v) is 7.52. The molecule has 2 amide bonds. The Balaban J connectivity index is 1.83. The van der Waals surface area contributed by atoms with Gasteiger partial charge in [0.05, 0.1) is 17.7 Å². The smallest absolute Gasteiger partial charge is 0.246 e. The van der Waals surface area contributed by atoms with E-state index in [4.69, 9.17) is 11.0 Å². The molecule has 31 heavy (non-hydrogen) atoms. The predicted octanol–water partition coefficient (Wildman–Crippen LogP) is 2.13. The molecule has 0 aliphatic carbocycles. The number of nitrogens with one attached hydrogen (secondary N) is 2. The van der Waals surface area contributed by atoms with Crippen LogP contribution in [0.2, 0.25) is 0 Å². The summed E-state index contributed by atoms with van der Waals surface area (Å²) < 4.78 is 0. The van der Waals surface area contributed by atoms with Crippen molar-refractivity contribution in [2.24, 2.45) is 5.73 Å². The van der Waals surface area contributed by atoms with E-state index in [9.17, 15) is 14.7 Å². The standard InChI is InChI=1S/C24H28N4O3/c1-15-11-20(29)12-16(2)21(15)13-22(26)24(31)28-17(3)23(30)27-10-4-5-18-6-8-19(14-25)9-7-18/h4,6-12,17,22,29H,5,13,26H2,1-3H3,(H,27,30)(H,28,31)/t17-,22+/m1/s1. The van der Waals surface area contributed by atoms with Crippen LogP contribution < -0.4 is 16.4 Å². The van der Waals surface area contributed by atoms with Gasteiger partial charge in [-0.25, -0.2) is 0 Å². The third-order valence-corrected chi connectivity index (χ3v) is 4.97. The summed E-state index contributed by atoms with van der Waals surface area (Å²) in [6.45, 7) is 5.30. The zero-order chi connectivity index (χ0) is 23.0. The largest absolute Gasteiger partial charge is 0.508 e. The summed E-state index contributed by atoms with van der Waals surface area (Å²) in [5.74, 6) is -0.598. The molecule has 0 saturated heterocycles. The van der Waals surface area contributed by atoms with Crippen molar-refractivity contribution in [3.63, 3.8) is 0 Å². The number of carbonyl (C=O) groups is 2. The maximum atomic E-state index is 12.4. The van der Waals surface area contributed by atoms with Crippen LogP contribution >= 0.6 is 0 Å². The predicted molar refractivity (Wildman–Crippen MR) is 119 cm³/mol. The van der Waals surface area contributed by atoms with E-state index in [1.54, 1.807) is 37.3 Å². The van der Waals surface area contributed by atoms with Crippen molar-refractivity contribution in [3.05, 3.63) is 76.5 Å². The van der Waals surface area contributed by atoms with Crippen LogP contribution in [0, 0.1) is 25.2 Å². The highest BCUT2D eigenvalue weighted by Gasteiger charge is 2.21. The lowest BCUT2D eigenvalue weighted by molar-refractivity contribution is -0.128. The summed E-state index contributed by atoms with van der Waals surface area (Å²) in [7, 11) is 0. The van der Waals surface area contributed by atoms with Crippen molar-refractivity contribution >= 4 is 11.8 Å². The van der Waals surface area contributed by atoms with E-state index in [-0.39, 0.29) is 11.7 Å². The number of phenolic OH excluding ortho intramolecular Hbond substituents is 1. The van der Waals surface area contributed by atoms with E-state index in [0.717, 1.165) is 22.3 Å². The van der Waals surface area contributed by atoms with Crippen molar-refractivity contribution in [2.75, 3.05) is 0 Å². The van der Waals surface area contributed by atoms with Crippen LogP contribution in [-0.2, 0) is 22.4 Å². The van der Waals surface area contributed by atoms with Crippen LogP contribution in [0.1, 0.15) is 34.7 Å². The molecule has 2 aromatic rings. The Hall–Kier alpha value is -3.63. The van der Waals surface area contributed by atoms with Crippen LogP contribution in [-0.4, -0.2) is 29.0 Å². The first-order chi connectivity index (χ1) is 14.7. The van der Waals surface area contributed by atoms with Crippen LogP contribution in [0.4, 0.5) is 0 Å². The summed E-state index contributed by atoms with van der Waals surface area (Å²) in [5, 5.41) is 23.7. The van der Waals surface area contributed by atoms with Gasteiger partial charge in [-0.2, -0.15) is 5.26 Å². The van der Waals surface area contributed by atoms with Crippen molar-refractivity contribution < 1.29 is 14.7 Å². The number of nitrogens with zero attached hydrogens (tertiary/aromatic N) is 1. The number of phenols is 1. The Morgan fingerprint density at radius 1 is 1.16 bits per heavy atom. The highest BCUT2D eigenvalue weighted by molar-refractivity contribution is 5.89. The lowest BCUT2D eigenvalue weighted by atomic mass is 9.96. The molecular formula is C24H28N4O3. The Labute approximate surface area is 182 Å². The highest BCUT2D eigenvalue weighted by Crippen LogP contribution is 2.21. The van der Waals surface area contributed by atoms with Gasteiger partial charge in [-0.3, -0.25) is 9.59 Å². The van der Waals surface area contributed by atoms with Gasteiger partial charge in [0, 0.05) is 6.20 Å². The first kappa shape index (κ1) is 23.6. The molecule has 0 fully saturated rings. The van der Waals surface area contributed by atoms with Gasteiger partial charge in [0.15, 0.2) is 0 Å². The Morgan fingerprint density at radius 2 is 1.77 bits per heavy atom. The van der Waals surface area contributed by atoms with Crippen LogP contribution in [0.3, 0.4) is 0 Å². The molecule has 0 unspecified atom stereocenters. The molecule has 0 aromatic heterocycles. The molecule has 2 aromatic carbocycles. The number of benzene rings is 2. The van der Waals surface area contributed by atoms with Gasteiger partial charge >= 0.3 is 0 Å². The second kappa shape index (κ2) is 11.0. The Morgan fingerprint density at radius 3 is 2.35 bits per heavy atom. The van der Waals surface area contributed by atoms with Gasteiger partial charge in [0.2, 0.25) is 11.8 Å². The summed E-state index contributed by atoms with van der Waals surface area (Å²) in [6.07, 6.45) is 4.23. The van der Waals surface area contributed by atoms with Crippen LogP contribution in [0.5, 0.6) is 5.75 Å². The molecule has 2 rings (SSSR count). The van der Waals surface area contributed by atoms with Gasteiger partial charge in [-0.1, -0.05) is 18.2 Å². The fourth-order valence-corrected chi connectivity index (χ4v) is 3.17. The number of hydrogen-bond acceptors (Lipinski definition) is 5. The molecule has 0 aliphatic heterocycles. The molecule has 5 N–H and O–H groups in total. The van der Waals surface area contributed by atoms with E-state index in [2.05, 4.69) is 16.7 Å². The monoisotopic (exact) mass is 420 g/mol. The number of rotatable bonds is 8. The maximum Gasteiger partial charge on any atom is 0.246 e. The SMILES string of the molecule is Cc1cc(O)cc(C)c1C[C@H](N)C(=O)N[C@H](C)C(=O)NC=CCc1ccc(C#N)cc1. The maximum absolute atomic E-state index is 12.4. The van der Waals surface area contributed by atoms with E-state index >= 15 is 0 Å². The molecule has 2 atom stereocenters. The topological polar surface area (TPSA) is 128 Å². The number of aryl methyl sites for hydroxylation is 2. The molecule has 7 heteroatoms. The van der Waals surface area contributed by atoms with Gasteiger partial charge in [-0.15, -0.1) is 0 Å². The Kier molecular flexibility index (Phi) is 8.35. The first-order valence-electron chi connectivity index (χ1n) is 10.0. The normalized spacial score (nSPS) is 12.7. The summed E-state index contributed by atoms with van der Waals surface area (Å²) in [6, 6.07) is 11.0. The lowest BCUT2D eigenvalue weighted by Gasteiger charge is -2.18. The summed E-state index contributed by atoms with van der Waals surface area (Å²) >= 11 is 0. The van der Waals surface area contributed by atoms with Crippen molar-refractivity contribution in [2.45, 2.75) is 45.7 Å². The minimum absolute atomic E-state index is 0.175. The number of allylic oxidation sites excluding steroid dienone is 1. The average Bonchev–Trinajstić information content (AvgIpc) is 2.73. The van der Waals surface area contributed by atoms with Gasteiger partial charge in [-0.05, 0) is 80.1 Å². The van der Waals surface area contributed by atoms with Gasteiger partial charge < -0.3 is 21.5 Å². The summed E-state index contributed by atoms with van der Waals surface area (Å²) in [5.41, 5.74) is 10.3. The third-order valence-electron chi connectivity index (χ3n) is 4.97. The third kappa shape index (κ3) is 6.98. The van der Waals surface area contributed by atoms with E-state index in [1.165, 1.54) is 6.20 Å². The van der Waals surface area contributed by atoms with Crippen LogP contribution in [0.15, 0.2) is 48.7 Å². The number of hydrogen-bond donors (Lipinski definition) is 4. The van der Waals surface area contributed by atoms with Gasteiger partial charge in [0.25, 0.3) is 0 Å². The fraction of sp³-hybridized carbons (Fsp3) is 0.292. The molecule has 0 heterocycles. The number of nitrogens with two attached hydrogens (primary N) is 1. The van der Waals surface area contributed by atoms with Crippen LogP contribution in [0.25, 0.3) is 0 Å². The van der Waals surface area contributed by atoms with E-state index < -0.39 is 18.0 Å². The van der Waals surface area contributed by atoms with Crippen molar-refractivity contribution in [3.8, 4) is 11.8 Å². The number of nitriles is 1. The number of aromatic hydroxyl groups is 1. The minimum Gasteiger partial charge on any atom is -0.508 e. The number of carbonyl (C=O) groups excluding carboxylic acids is 2. The summed E-state index contributed by atoms with van der Waals surface area (Å²) in [4.78, 5) is 24.6. The van der Waals surface area contributed by atoms with E-state index in [1.807, 2.05) is 26.0 Å². The zero-order valence-corrected chi connectivity index (χ0v) is 18.0. The van der Waals surface area contributed by atoms with Crippen molar-refractivity contribution in [1.82, 2.24) is 10.6 Å². The molecular weight excluding hydrogens is 392 g/mol. The quantitative estimate of drug-likeness (QED) is 0.520. The molecule has 0 saturated carbocycles.